The molecule has 4 rings (SSSR count). The maximum atomic E-state index is 4.32. The number of aliphatic imine (C=N–C) groups is 1. The number of H-pyrrole nitrogens is 1. The molecule has 0 saturated carbocycles. The number of benzene rings is 1. The summed E-state index contributed by atoms with van der Waals surface area (Å²) in [6.07, 6.45) is 5.31. The number of nitrogens with one attached hydrogen (secondary N) is 2. The van der Waals surface area contributed by atoms with Crippen molar-refractivity contribution in [2.75, 3.05) is 5.32 Å². The van der Waals surface area contributed by atoms with E-state index in [0.717, 1.165) is 39.1 Å². The van der Waals surface area contributed by atoms with E-state index in [1.807, 2.05) is 18.5 Å². The van der Waals surface area contributed by atoms with Gasteiger partial charge in [0.15, 0.2) is 0 Å². The summed E-state index contributed by atoms with van der Waals surface area (Å²) >= 11 is 3.51. The lowest BCUT2D eigenvalue weighted by molar-refractivity contribution is 1.11. The van der Waals surface area contributed by atoms with Gasteiger partial charge in [-0.25, -0.2) is 9.97 Å². The molecule has 0 atom stereocenters. The SMILES string of the molecule is Brc1c[nH]c2ncnc(Nc3ccc4c(c3)C=NC4)c12. The van der Waals surface area contributed by atoms with Crippen molar-refractivity contribution in [3.8, 4) is 0 Å². The van der Waals surface area contributed by atoms with Crippen molar-refractivity contribution >= 4 is 44.7 Å². The van der Waals surface area contributed by atoms with Crippen molar-refractivity contribution in [3.63, 3.8) is 0 Å². The third kappa shape index (κ3) is 1.80. The minimum atomic E-state index is 0.775. The van der Waals surface area contributed by atoms with Crippen molar-refractivity contribution in [2.45, 2.75) is 6.54 Å². The van der Waals surface area contributed by atoms with E-state index in [0.29, 0.717) is 0 Å². The molecule has 5 nitrogen and oxygen atoms in total. The van der Waals surface area contributed by atoms with E-state index in [2.05, 4.69) is 53.3 Å². The Morgan fingerprint density at radius 2 is 2.20 bits per heavy atom. The molecule has 0 unspecified atom stereocenters. The fourth-order valence-electron chi connectivity index (χ4n) is 2.34. The van der Waals surface area contributed by atoms with E-state index >= 15 is 0 Å². The van der Waals surface area contributed by atoms with Gasteiger partial charge in [0, 0.05) is 22.6 Å². The highest BCUT2D eigenvalue weighted by Gasteiger charge is 2.11. The molecule has 2 N–H and O–H groups in total. The standard InChI is InChI=1S/C14H10BrN5/c15-11-6-17-13-12(11)14(19-7-18-13)20-10-2-1-8-4-16-5-9(8)3-10/h1-3,5-7H,4H2,(H2,17,18,19,20). The molecular formula is C14H10BrN5. The van der Waals surface area contributed by atoms with Gasteiger partial charge >= 0.3 is 0 Å². The van der Waals surface area contributed by atoms with Gasteiger partial charge in [-0.05, 0) is 39.2 Å². The highest BCUT2D eigenvalue weighted by atomic mass is 79.9. The predicted molar refractivity (Wildman–Crippen MR) is 82.6 cm³/mol. The molecule has 0 spiro atoms. The van der Waals surface area contributed by atoms with Crippen molar-refractivity contribution in [3.05, 3.63) is 46.3 Å². The van der Waals surface area contributed by atoms with Crippen LogP contribution in [-0.4, -0.2) is 21.2 Å². The van der Waals surface area contributed by atoms with Crippen LogP contribution in [0, 0.1) is 0 Å². The molecule has 0 radical (unpaired) electrons. The first-order valence-corrected chi connectivity index (χ1v) is 6.98. The molecule has 6 heteroatoms. The van der Waals surface area contributed by atoms with Crippen LogP contribution in [0.15, 0.2) is 40.2 Å². The largest absolute Gasteiger partial charge is 0.345 e. The van der Waals surface area contributed by atoms with Crippen LogP contribution in [0.5, 0.6) is 0 Å². The number of hydrogen-bond donors (Lipinski definition) is 2. The van der Waals surface area contributed by atoms with Crippen LogP contribution in [0.3, 0.4) is 0 Å². The highest BCUT2D eigenvalue weighted by Crippen LogP contribution is 2.30. The Morgan fingerprint density at radius 3 is 3.15 bits per heavy atom. The van der Waals surface area contributed by atoms with Crippen LogP contribution in [-0.2, 0) is 6.54 Å². The lowest BCUT2D eigenvalue weighted by atomic mass is 10.1. The quantitative estimate of drug-likeness (QED) is 0.758. The molecule has 1 aliphatic heterocycles. The summed E-state index contributed by atoms with van der Waals surface area (Å²) in [6.45, 7) is 0.775. The van der Waals surface area contributed by atoms with E-state index < -0.39 is 0 Å². The van der Waals surface area contributed by atoms with Crippen LogP contribution in [0.4, 0.5) is 11.5 Å². The van der Waals surface area contributed by atoms with Gasteiger partial charge in [-0.2, -0.15) is 0 Å². The Balaban J connectivity index is 1.77. The van der Waals surface area contributed by atoms with Gasteiger partial charge in [-0.15, -0.1) is 0 Å². The van der Waals surface area contributed by atoms with E-state index in [1.54, 1.807) is 6.33 Å². The van der Waals surface area contributed by atoms with Gasteiger partial charge in [0.1, 0.15) is 17.8 Å². The molecule has 2 aromatic heterocycles. The summed E-state index contributed by atoms with van der Waals surface area (Å²) in [5.74, 6) is 0.776. The fourth-order valence-corrected chi connectivity index (χ4v) is 2.83. The average molecular weight is 328 g/mol. The van der Waals surface area contributed by atoms with Crippen LogP contribution >= 0.6 is 15.9 Å². The Labute approximate surface area is 123 Å². The number of anilines is 2. The molecule has 3 heterocycles. The van der Waals surface area contributed by atoms with Crippen LogP contribution < -0.4 is 5.32 Å². The molecule has 3 aromatic rings. The maximum Gasteiger partial charge on any atom is 0.144 e. The molecule has 0 aliphatic carbocycles. The number of halogens is 1. The third-order valence-electron chi connectivity index (χ3n) is 3.32. The molecule has 20 heavy (non-hydrogen) atoms. The third-order valence-corrected chi connectivity index (χ3v) is 3.95. The van der Waals surface area contributed by atoms with Gasteiger partial charge in [0.05, 0.1) is 11.9 Å². The maximum absolute atomic E-state index is 4.32. The van der Waals surface area contributed by atoms with Crippen molar-refractivity contribution in [2.24, 2.45) is 4.99 Å². The molecule has 0 amide bonds. The lowest BCUT2D eigenvalue weighted by Gasteiger charge is -2.08. The minimum Gasteiger partial charge on any atom is -0.345 e. The minimum absolute atomic E-state index is 0.775. The van der Waals surface area contributed by atoms with E-state index in [4.69, 9.17) is 0 Å². The first-order chi connectivity index (χ1) is 9.81. The summed E-state index contributed by atoms with van der Waals surface area (Å²) < 4.78 is 0.943. The van der Waals surface area contributed by atoms with E-state index in [9.17, 15) is 0 Å². The summed E-state index contributed by atoms with van der Waals surface area (Å²) in [6, 6.07) is 6.22. The number of aromatic nitrogens is 3. The number of nitrogens with zero attached hydrogens (tertiary/aromatic N) is 3. The first kappa shape index (κ1) is 11.6. The zero-order valence-electron chi connectivity index (χ0n) is 10.4. The van der Waals surface area contributed by atoms with Gasteiger partial charge in [-0.3, -0.25) is 4.99 Å². The summed E-state index contributed by atoms with van der Waals surface area (Å²) in [5.41, 5.74) is 4.21. The summed E-state index contributed by atoms with van der Waals surface area (Å²) in [4.78, 5) is 15.9. The van der Waals surface area contributed by atoms with Crippen LogP contribution in [0.25, 0.3) is 11.0 Å². The summed E-state index contributed by atoms with van der Waals surface area (Å²) in [5, 5.41) is 4.29. The monoisotopic (exact) mass is 327 g/mol. The van der Waals surface area contributed by atoms with Gasteiger partial charge < -0.3 is 10.3 Å². The van der Waals surface area contributed by atoms with Crippen molar-refractivity contribution in [1.29, 1.82) is 0 Å². The van der Waals surface area contributed by atoms with E-state index in [-0.39, 0.29) is 0 Å². The Kier molecular flexibility index (Phi) is 2.56. The zero-order valence-corrected chi connectivity index (χ0v) is 12.0. The second kappa shape index (κ2) is 4.42. The van der Waals surface area contributed by atoms with Crippen LogP contribution in [0.2, 0.25) is 0 Å². The van der Waals surface area contributed by atoms with Gasteiger partial charge in [-0.1, -0.05) is 6.07 Å². The second-order valence-electron chi connectivity index (χ2n) is 4.59. The zero-order chi connectivity index (χ0) is 13.5. The predicted octanol–water partition coefficient (Wildman–Crippen LogP) is 3.40. The second-order valence-corrected chi connectivity index (χ2v) is 5.45. The molecule has 0 saturated heterocycles. The Morgan fingerprint density at radius 1 is 1.25 bits per heavy atom. The molecule has 0 bridgehead atoms. The smallest absolute Gasteiger partial charge is 0.144 e. The first-order valence-electron chi connectivity index (χ1n) is 6.18. The highest BCUT2D eigenvalue weighted by molar-refractivity contribution is 9.10. The Hall–Kier alpha value is -2.21. The normalized spacial score (nSPS) is 12.8. The molecular weight excluding hydrogens is 318 g/mol. The van der Waals surface area contributed by atoms with E-state index in [1.165, 1.54) is 5.56 Å². The van der Waals surface area contributed by atoms with Crippen molar-refractivity contribution < 1.29 is 0 Å². The Bertz CT molecular complexity index is 837. The van der Waals surface area contributed by atoms with Crippen LogP contribution in [0.1, 0.15) is 11.1 Å². The fraction of sp³-hybridized carbons (Fsp3) is 0.0714. The molecule has 0 fully saturated rings. The summed E-state index contributed by atoms with van der Waals surface area (Å²) in [7, 11) is 0. The number of hydrogen-bond acceptors (Lipinski definition) is 4. The van der Waals surface area contributed by atoms with Crippen molar-refractivity contribution in [1.82, 2.24) is 15.0 Å². The average Bonchev–Trinajstić information content (AvgIpc) is 3.06. The number of aromatic amines is 1. The lowest BCUT2D eigenvalue weighted by Crippen LogP contribution is -1.96. The van der Waals surface area contributed by atoms with Gasteiger partial charge in [0.25, 0.3) is 0 Å². The molecule has 1 aliphatic rings. The molecule has 98 valence electrons. The molecule has 1 aromatic carbocycles. The topological polar surface area (TPSA) is 66.0 Å². The number of rotatable bonds is 2. The number of fused-ring (bicyclic) bond motifs is 2. The van der Waals surface area contributed by atoms with Gasteiger partial charge in [0.2, 0.25) is 0 Å².